The van der Waals surface area contributed by atoms with Gasteiger partial charge in [0.2, 0.25) is 0 Å². The van der Waals surface area contributed by atoms with E-state index in [-0.39, 0.29) is 6.10 Å². The van der Waals surface area contributed by atoms with Crippen LogP contribution in [0.15, 0.2) is 0 Å². The summed E-state index contributed by atoms with van der Waals surface area (Å²) < 4.78 is 5.03. The first-order chi connectivity index (χ1) is 6.11. The van der Waals surface area contributed by atoms with Crippen molar-refractivity contribution in [2.75, 3.05) is 33.9 Å². The van der Waals surface area contributed by atoms with Crippen molar-refractivity contribution in [2.45, 2.75) is 25.5 Å². The van der Waals surface area contributed by atoms with E-state index >= 15 is 0 Å². The molecule has 4 heteroatoms. The minimum Gasteiger partial charge on any atom is -0.392 e. The van der Waals surface area contributed by atoms with Gasteiger partial charge in [0.05, 0.1) is 12.7 Å². The highest BCUT2D eigenvalue weighted by molar-refractivity contribution is 4.65. The molecule has 0 aliphatic heterocycles. The zero-order valence-corrected chi connectivity index (χ0v) is 8.86. The molecule has 0 aliphatic rings. The fraction of sp³-hybridized carbons (Fsp3) is 1.00. The monoisotopic (exact) mass is 190 g/mol. The topological polar surface area (TPSA) is 58.7 Å². The summed E-state index contributed by atoms with van der Waals surface area (Å²) >= 11 is 0. The van der Waals surface area contributed by atoms with Gasteiger partial charge in [-0.25, -0.2) is 0 Å². The summed E-state index contributed by atoms with van der Waals surface area (Å²) in [4.78, 5) is 2.16. The van der Waals surface area contributed by atoms with E-state index < -0.39 is 0 Å². The lowest BCUT2D eigenvalue weighted by Gasteiger charge is -2.24. The van der Waals surface area contributed by atoms with E-state index in [9.17, 15) is 5.11 Å². The van der Waals surface area contributed by atoms with Crippen LogP contribution in [0.2, 0.25) is 0 Å². The average Bonchev–Trinajstić information content (AvgIpc) is 2.13. The molecular formula is C9H22N2O2. The summed E-state index contributed by atoms with van der Waals surface area (Å²) in [6.07, 6.45) is 0.346. The van der Waals surface area contributed by atoms with Gasteiger partial charge >= 0.3 is 0 Å². The van der Waals surface area contributed by atoms with Crippen molar-refractivity contribution >= 4 is 0 Å². The first-order valence-electron chi connectivity index (χ1n) is 4.69. The van der Waals surface area contributed by atoms with Gasteiger partial charge in [-0.3, -0.25) is 0 Å². The van der Waals surface area contributed by atoms with Crippen LogP contribution in [-0.4, -0.2) is 56.0 Å². The molecule has 0 aromatic heterocycles. The van der Waals surface area contributed by atoms with Crippen molar-refractivity contribution in [1.29, 1.82) is 0 Å². The molecule has 4 nitrogen and oxygen atoms in total. The summed E-state index contributed by atoms with van der Waals surface area (Å²) in [7, 11) is 3.71. The molecule has 0 heterocycles. The standard InChI is InChI=1S/C9H22N2O2/c1-8(7-13-3)11(2)5-4-9(12)6-10/h8-9,12H,4-7,10H2,1-3H3. The molecule has 13 heavy (non-hydrogen) atoms. The third-order valence-corrected chi connectivity index (χ3v) is 2.25. The van der Waals surface area contributed by atoms with Gasteiger partial charge in [-0.2, -0.15) is 0 Å². The van der Waals surface area contributed by atoms with E-state index in [1.807, 2.05) is 7.05 Å². The van der Waals surface area contributed by atoms with Crippen LogP contribution in [0.1, 0.15) is 13.3 Å². The molecule has 0 rings (SSSR count). The van der Waals surface area contributed by atoms with Gasteiger partial charge in [-0.05, 0) is 20.4 Å². The largest absolute Gasteiger partial charge is 0.392 e. The third kappa shape index (κ3) is 5.99. The van der Waals surface area contributed by atoms with Crippen LogP contribution in [0.3, 0.4) is 0 Å². The second-order valence-electron chi connectivity index (χ2n) is 3.46. The Balaban J connectivity index is 3.54. The number of aliphatic hydroxyl groups is 1. The maximum absolute atomic E-state index is 9.24. The first-order valence-corrected chi connectivity index (χ1v) is 4.69. The van der Waals surface area contributed by atoms with E-state index in [2.05, 4.69) is 11.8 Å². The molecule has 0 saturated carbocycles. The summed E-state index contributed by atoms with van der Waals surface area (Å²) in [6.45, 7) is 4.00. The number of hydrogen-bond acceptors (Lipinski definition) is 4. The van der Waals surface area contributed by atoms with Crippen LogP contribution in [0, 0.1) is 0 Å². The number of methoxy groups -OCH3 is 1. The van der Waals surface area contributed by atoms with E-state index in [0.29, 0.717) is 12.6 Å². The van der Waals surface area contributed by atoms with E-state index in [1.165, 1.54) is 0 Å². The Morgan fingerprint density at radius 3 is 2.62 bits per heavy atom. The van der Waals surface area contributed by atoms with E-state index in [4.69, 9.17) is 10.5 Å². The SMILES string of the molecule is COCC(C)N(C)CCC(O)CN. The highest BCUT2D eigenvalue weighted by Gasteiger charge is 2.10. The smallest absolute Gasteiger partial charge is 0.0674 e. The van der Waals surface area contributed by atoms with Crippen LogP contribution >= 0.6 is 0 Å². The molecule has 0 aromatic carbocycles. The molecule has 3 N–H and O–H groups in total. The lowest BCUT2D eigenvalue weighted by molar-refractivity contribution is 0.0979. The van der Waals surface area contributed by atoms with Crippen LogP contribution < -0.4 is 5.73 Å². The normalized spacial score (nSPS) is 16.2. The van der Waals surface area contributed by atoms with Crippen molar-refractivity contribution in [1.82, 2.24) is 4.90 Å². The molecule has 2 atom stereocenters. The Kier molecular flexibility index (Phi) is 7.17. The number of ether oxygens (including phenoxy) is 1. The molecular weight excluding hydrogens is 168 g/mol. The van der Waals surface area contributed by atoms with Crippen molar-refractivity contribution in [2.24, 2.45) is 5.73 Å². The van der Waals surface area contributed by atoms with Crippen LogP contribution in [0.4, 0.5) is 0 Å². The van der Waals surface area contributed by atoms with Crippen LogP contribution in [0.5, 0.6) is 0 Å². The number of likely N-dealkylation sites (N-methyl/N-ethyl adjacent to an activating group) is 1. The molecule has 0 amide bonds. The van der Waals surface area contributed by atoms with E-state index in [0.717, 1.165) is 19.6 Å². The Morgan fingerprint density at radius 1 is 1.54 bits per heavy atom. The van der Waals surface area contributed by atoms with Crippen molar-refractivity contribution in [3.05, 3.63) is 0 Å². The molecule has 0 bridgehead atoms. The van der Waals surface area contributed by atoms with Gasteiger partial charge in [0.1, 0.15) is 0 Å². The molecule has 2 unspecified atom stereocenters. The molecule has 0 aromatic rings. The highest BCUT2D eigenvalue weighted by atomic mass is 16.5. The number of aliphatic hydroxyl groups excluding tert-OH is 1. The summed E-state index contributed by atoms with van der Waals surface area (Å²) in [5, 5.41) is 9.24. The lowest BCUT2D eigenvalue weighted by Crippen LogP contribution is -2.35. The molecule has 0 spiro atoms. The predicted molar refractivity (Wildman–Crippen MR) is 53.6 cm³/mol. The summed E-state index contributed by atoms with van der Waals surface area (Å²) in [6, 6.07) is 0.384. The van der Waals surface area contributed by atoms with Crippen LogP contribution in [-0.2, 0) is 4.74 Å². The summed E-state index contributed by atoms with van der Waals surface area (Å²) in [5.41, 5.74) is 5.30. The maximum atomic E-state index is 9.24. The maximum Gasteiger partial charge on any atom is 0.0674 e. The number of hydrogen-bond donors (Lipinski definition) is 2. The summed E-state index contributed by atoms with van der Waals surface area (Å²) in [5.74, 6) is 0. The Hall–Kier alpha value is -0.160. The predicted octanol–water partition coefficient (Wildman–Crippen LogP) is -0.337. The third-order valence-electron chi connectivity index (χ3n) is 2.25. The van der Waals surface area contributed by atoms with Crippen molar-refractivity contribution in [3.8, 4) is 0 Å². The number of nitrogens with zero attached hydrogens (tertiary/aromatic N) is 1. The molecule has 0 saturated heterocycles. The van der Waals surface area contributed by atoms with Crippen molar-refractivity contribution < 1.29 is 9.84 Å². The van der Waals surface area contributed by atoms with E-state index in [1.54, 1.807) is 7.11 Å². The van der Waals surface area contributed by atoms with Gasteiger partial charge in [0.15, 0.2) is 0 Å². The zero-order chi connectivity index (χ0) is 10.3. The molecule has 0 aliphatic carbocycles. The first kappa shape index (κ1) is 12.8. The average molecular weight is 190 g/mol. The quantitative estimate of drug-likeness (QED) is 0.577. The van der Waals surface area contributed by atoms with Gasteiger partial charge in [0.25, 0.3) is 0 Å². The Morgan fingerprint density at radius 2 is 2.15 bits per heavy atom. The Labute approximate surface area is 80.7 Å². The molecule has 0 fully saturated rings. The van der Waals surface area contributed by atoms with Gasteiger partial charge in [-0.1, -0.05) is 0 Å². The van der Waals surface area contributed by atoms with Gasteiger partial charge in [0, 0.05) is 26.2 Å². The Bertz CT molecular complexity index is 122. The van der Waals surface area contributed by atoms with Gasteiger partial charge < -0.3 is 20.5 Å². The minimum atomic E-state index is -0.378. The minimum absolute atomic E-state index is 0.340. The second-order valence-corrected chi connectivity index (χ2v) is 3.46. The van der Waals surface area contributed by atoms with Crippen LogP contribution in [0.25, 0.3) is 0 Å². The second kappa shape index (κ2) is 7.26. The zero-order valence-electron chi connectivity index (χ0n) is 8.86. The van der Waals surface area contributed by atoms with Crippen molar-refractivity contribution in [3.63, 3.8) is 0 Å². The highest BCUT2D eigenvalue weighted by Crippen LogP contribution is 1.99. The van der Waals surface area contributed by atoms with Gasteiger partial charge in [-0.15, -0.1) is 0 Å². The molecule has 80 valence electrons. The number of nitrogens with two attached hydrogens (primary N) is 1. The lowest BCUT2D eigenvalue weighted by atomic mass is 10.2. The molecule has 0 radical (unpaired) electrons. The fourth-order valence-corrected chi connectivity index (χ4v) is 1.06. The fourth-order valence-electron chi connectivity index (χ4n) is 1.06. The number of rotatable bonds is 7.